The van der Waals surface area contributed by atoms with Crippen LogP contribution in [-0.4, -0.2) is 64.7 Å². The lowest BCUT2D eigenvalue weighted by Crippen LogP contribution is -2.50. The molecule has 2 amide bonds. The molecule has 3 heterocycles. The number of urea groups is 1. The predicted molar refractivity (Wildman–Crippen MR) is 87.6 cm³/mol. The van der Waals surface area contributed by atoms with Crippen LogP contribution < -0.4 is 5.32 Å². The summed E-state index contributed by atoms with van der Waals surface area (Å²) in [6.45, 7) is 5.53. The fraction of sp³-hybridized carbons (Fsp3) is 0.812. The van der Waals surface area contributed by atoms with Crippen molar-refractivity contribution in [1.29, 1.82) is 0 Å². The van der Waals surface area contributed by atoms with Gasteiger partial charge >= 0.3 is 6.03 Å². The summed E-state index contributed by atoms with van der Waals surface area (Å²) in [6, 6.07) is -0.243. The zero-order valence-electron chi connectivity index (χ0n) is 14.5. The lowest BCUT2D eigenvalue weighted by atomic mass is 9.89. The lowest BCUT2D eigenvalue weighted by Gasteiger charge is -2.38. The Balaban J connectivity index is 1.52. The van der Waals surface area contributed by atoms with Crippen molar-refractivity contribution in [1.82, 2.24) is 25.0 Å². The van der Waals surface area contributed by atoms with Crippen LogP contribution in [0.1, 0.15) is 44.5 Å². The molecular weight excluding hydrogens is 310 g/mol. The number of amides is 2. The third-order valence-electron chi connectivity index (χ3n) is 5.06. The number of carbonyl (C=O) groups is 1. The van der Waals surface area contributed by atoms with Crippen molar-refractivity contribution < 1.29 is 14.3 Å². The first kappa shape index (κ1) is 17.2. The van der Waals surface area contributed by atoms with Crippen LogP contribution in [0.4, 0.5) is 4.79 Å². The number of ether oxygens (including phenoxy) is 2. The van der Waals surface area contributed by atoms with Gasteiger partial charge in [-0.05, 0) is 32.6 Å². The normalized spacial score (nSPS) is 21.2. The van der Waals surface area contributed by atoms with Gasteiger partial charge in [0.2, 0.25) is 0 Å². The summed E-state index contributed by atoms with van der Waals surface area (Å²) in [6.07, 6.45) is 5.79. The Morgan fingerprint density at radius 3 is 2.92 bits per heavy atom. The number of aromatic nitrogens is 3. The molecule has 8 nitrogen and oxygen atoms in total. The molecule has 0 radical (unpaired) electrons. The fourth-order valence-corrected chi connectivity index (χ4v) is 3.57. The van der Waals surface area contributed by atoms with Crippen molar-refractivity contribution in [2.75, 3.05) is 33.4 Å². The number of hydrogen-bond acceptors (Lipinski definition) is 5. The van der Waals surface area contributed by atoms with Gasteiger partial charge in [-0.2, -0.15) is 0 Å². The molecule has 2 aliphatic heterocycles. The van der Waals surface area contributed by atoms with E-state index >= 15 is 0 Å². The Bertz CT molecular complexity index is 546. The predicted octanol–water partition coefficient (Wildman–Crippen LogP) is 1.34. The summed E-state index contributed by atoms with van der Waals surface area (Å²) in [5, 5.41) is 11.1. The third-order valence-corrected chi connectivity index (χ3v) is 5.06. The molecule has 1 atom stereocenters. The first-order chi connectivity index (χ1) is 11.6. The topological polar surface area (TPSA) is 81.5 Å². The molecule has 1 aromatic heterocycles. The summed E-state index contributed by atoms with van der Waals surface area (Å²) in [4.78, 5) is 14.4. The van der Waals surface area contributed by atoms with Gasteiger partial charge in [0, 0.05) is 33.4 Å². The first-order valence-corrected chi connectivity index (χ1v) is 8.70. The van der Waals surface area contributed by atoms with E-state index in [-0.39, 0.29) is 17.7 Å². The fourth-order valence-electron chi connectivity index (χ4n) is 3.57. The van der Waals surface area contributed by atoms with E-state index in [1.54, 1.807) is 13.4 Å². The largest absolute Gasteiger partial charge is 0.383 e. The van der Waals surface area contributed by atoms with Crippen molar-refractivity contribution in [2.45, 2.75) is 50.8 Å². The highest BCUT2D eigenvalue weighted by atomic mass is 16.5. The minimum Gasteiger partial charge on any atom is -0.383 e. The molecule has 0 bridgehead atoms. The summed E-state index contributed by atoms with van der Waals surface area (Å²) in [5.74, 6) is 0.744. The van der Waals surface area contributed by atoms with E-state index in [4.69, 9.17) is 9.47 Å². The maximum Gasteiger partial charge on any atom is 0.317 e. The van der Waals surface area contributed by atoms with Crippen molar-refractivity contribution in [3.05, 3.63) is 12.2 Å². The summed E-state index contributed by atoms with van der Waals surface area (Å²) < 4.78 is 12.9. The minimum atomic E-state index is -0.199. The maximum atomic E-state index is 12.5. The number of nitrogens with zero attached hydrogens (tertiary/aromatic N) is 4. The molecule has 0 aromatic carbocycles. The number of nitrogens with one attached hydrogen (secondary N) is 1. The third kappa shape index (κ3) is 3.70. The van der Waals surface area contributed by atoms with E-state index in [0.717, 1.165) is 51.2 Å². The highest BCUT2D eigenvalue weighted by Crippen LogP contribution is 2.35. The number of carbonyl (C=O) groups excluding carboxylic acids is 1. The molecule has 0 aliphatic carbocycles. The molecule has 1 spiro atoms. The quantitative estimate of drug-likeness (QED) is 0.877. The molecule has 1 aromatic rings. The molecule has 134 valence electrons. The monoisotopic (exact) mass is 337 g/mol. The maximum absolute atomic E-state index is 12.5. The van der Waals surface area contributed by atoms with E-state index in [0.29, 0.717) is 13.2 Å². The second-order valence-electron chi connectivity index (χ2n) is 6.67. The summed E-state index contributed by atoms with van der Waals surface area (Å²) in [7, 11) is 1.66. The van der Waals surface area contributed by atoms with Crippen molar-refractivity contribution in [3.63, 3.8) is 0 Å². The van der Waals surface area contributed by atoms with Gasteiger partial charge < -0.3 is 24.3 Å². The van der Waals surface area contributed by atoms with Crippen molar-refractivity contribution in [2.24, 2.45) is 0 Å². The van der Waals surface area contributed by atoms with Gasteiger partial charge in [0.05, 0.1) is 18.2 Å². The standard InChI is InChI=1S/C16H27N5O3/c1-13(14-19-17-12-21(14)9-11-23-2)18-15(22)20-7-5-16(6-8-20)4-3-10-24-16/h12-13H,3-11H2,1-2H3,(H,18,22)/t13-/m1/s1. The van der Waals surface area contributed by atoms with E-state index in [9.17, 15) is 4.79 Å². The van der Waals surface area contributed by atoms with Gasteiger partial charge in [-0.25, -0.2) is 4.79 Å². The molecule has 2 saturated heterocycles. The number of piperidine rings is 1. The second kappa shape index (κ2) is 7.48. The Labute approximate surface area is 142 Å². The van der Waals surface area contributed by atoms with E-state index in [1.807, 2.05) is 16.4 Å². The van der Waals surface area contributed by atoms with Gasteiger partial charge in [-0.15, -0.1) is 10.2 Å². The summed E-state index contributed by atoms with van der Waals surface area (Å²) >= 11 is 0. The summed E-state index contributed by atoms with van der Waals surface area (Å²) in [5.41, 5.74) is 0.0305. The smallest absolute Gasteiger partial charge is 0.317 e. The molecule has 1 N–H and O–H groups in total. The van der Waals surface area contributed by atoms with Crippen molar-refractivity contribution >= 4 is 6.03 Å². The molecule has 2 fully saturated rings. The van der Waals surface area contributed by atoms with Gasteiger partial charge in [0.1, 0.15) is 6.33 Å². The van der Waals surface area contributed by atoms with Gasteiger partial charge in [0.25, 0.3) is 0 Å². The van der Waals surface area contributed by atoms with E-state index < -0.39 is 0 Å². The Hall–Kier alpha value is -1.67. The number of methoxy groups -OCH3 is 1. The average molecular weight is 337 g/mol. The van der Waals surface area contributed by atoms with Crippen LogP contribution in [0.25, 0.3) is 0 Å². The van der Waals surface area contributed by atoms with Gasteiger partial charge in [-0.1, -0.05) is 0 Å². The van der Waals surface area contributed by atoms with Crippen LogP contribution in [0, 0.1) is 0 Å². The molecular formula is C16H27N5O3. The highest BCUT2D eigenvalue weighted by Gasteiger charge is 2.39. The van der Waals surface area contributed by atoms with Crippen LogP contribution >= 0.6 is 0 Å². The van der Waals surface area contributed by atoms with E-state index in [2.05, 4.69) is 15.5 Å². The second-order valence-corrected chi connectivity index (χ2v) is 6.67. The zero-order chi connectivity index (χ0) is 17.0. The Kier molecular flexibility index (Phi) is 5.35. The van der Waals surface area contributed by atoms with Crippen LogP contribution in [-0.2, 0) is 16.0 Å². The van der Waals surface area contributed by atoms with Gasteiger partial charge in [0.15, 0.2) is 5.82 Å². The molecule has 0 unspecified atom stereocenters. The lowest BCUT2D eigenvalue weighted by molar-refractivity contribution is -0.0362. The Morgan fingerprint density at radius 2 is 2.25 bits per heavy atom. The number of rotatable bonds is 5. The SMILES string of the molecule is COCCn1cnnc1[C@@H](C)NC(=O)N1CCC2(CCCO2)CC1. The van der Waals surface area contributed by atoms with Crippen LogP contribution in [0.15, 0.2) is 6.33 Å². The first-order valence-electron chi connectivity index (χ1n) is 8.70. The van der Waals surface area contributed by atoms with Crippen molar-refractivity contribution in [3.8, 4) is 0 Å². The molecule has 8 heteroatoms. The average Bonchev–Trinajstić information content (AvgIpc) is 3.23. The van der Waals surface area contributed by atoms with Gasteiger partial charge in [-0.3, -0.25) is 0 Å². The molecule has 0 saturated carbocycles. The van der Waals surface area contributed by atoms with Crippen LogP contribution in [0.3, 0.4) is 0 Å². The number of likely N-dealkylation sites (tertiary alicyclic amines) is 1. The molecule has 2 aliphatic rings. The minimum absolute atomic E-state index is 0.0305. The highest BCUT2D eigenvalue weighted by molar-refractivity contribution is 5.74. The molecule has 3 rings (SSSR count). The zero-order valence-corrected chi connectivity index (χ0v) is 14.5. The Morgan fingerprint density at radius 1 is 1.46 bits per heavy atom. The molecule has 24 heavy (non-hydrogen) atoms. The van der Waals surface area contributed by atoms with E-state index in [1.165, 1.54) is 0 Å². The number of hydrogen-bond donors (Lipinski definition) is 1. The van der Waals surface area contributed by atoms with Crippen LogP contribution in [0.2, 0.25) is 0 Å². The van der Waals surface area contributed by atoms with Crippen LogP contribution in [0.5, 0.6) is 0 Å².